The zero-order valence-corrected chi connectivity index (χ0v) is 16.9. The molecule has 2 N–H and O–H groups in total. The highest BCUT2D eigenvalue weighted by molar-refractivity contribution is 7.91. The maximum absolute atomic E-state index is 12.2. The molecule has 0 heterocycles. The van der Waals surface area contributed by atoms with Crippen LogP contribution in [-0.2, 0) is 27.7 Å². The Morgan fingerprint density at radius 1 is 0.926 bits per heavy atom. The summed E-state index contributed by atoms with van der Waals surface area (Å²) in [4.78, 5) is 13.8. The summed E-state index contributed by atoms with van der Waals surface area (Å²) < 4.78 is 24.4. The van der Waals surface area contributed by atoms with Crippen LogP contribution in [0.1, 0.15) is 31.4 Å². The standard InChI is InChI=1S/C21H28N2O3S/c1-3-23(4-2)17-19-12-10-18(11-13-19)16-22-21(24)14-15-27(25,26)20-8-6-5-7-9-20/h5-13H,3-4,14-17H2,1-2H3,(H,22,24)/p+1. The molecular weight excluding hydrogens is 360 g/mol. The van der Waals surface area contributed by atoms with Crippen LogP contribution in [-0.4, -0.2) is 33.2 Å². The minimum atomic E-state index is -3.42. The molecule has 1 amide bonds. The van der Waals surface area contributed by atoms with E-state index in [1.54, 1.807) is 30.3 Å². The first-order chi connectivity index (χ1) is 12.9. The van der Waals surface area contributed by atoms with Crippen LogP contribution in [0.3, 0.4) is 0 Å². The Labute approximate surface area is 162 Å². The van der Waals surface area contributed by atoms with Gasteiger partial charge in [0.1, 0.15) is 6.54 Å². The van der Waals surface area contributed by atoms with E-state index in [-0.39, 0.29) is 23.0 Å². The molecule has 0 aliphatic heterocycles. The predicted octanol–water partition coefficient (Wildman–Crippen LogP) is 1.59. The molecule has 0 aromatic heterocycles. The summed E-state index contributed by atoms with van der Waals surface area (Å²) in [6.45, 7) is 7.96. The molecule has 0 unspecified atom stereocenters. The van der Waals surface area contributed by atoms with Gasteiger partial charge >= 0.3 is 0 Å². The lowest BCUT2D eigenvalue weighted by atomic mass is 10.1. The van der Waals surface area contributed by atoms with Crippen LogP contribution in [0.4, 0.5) is 0 Å². The van der Waals surface area contributed by atoms with Crippen LogP contribution in [0, 0.1) is 0 Å². The molecule has 0 aliphatic rings. The number of quaternary nitrogens is 1. The third kappa shape index (κ3) is 6.81. The zero-order valence-electron chi connectivity index (χ0n) is 16.1. The second-order valence-electron chi connectivity index (χ2n) is 6.61. The van der Waals surface area contributed by atoms with Crippen LogP contribution >= 0.6 is 0 Å². The molecule has 146 valence electrons. The Bertz CT molecular complexity index is 814. The number of hydrogen-bond donors (Lipinski definition) is 2. The topological polar surface area (TPSA) is 67.7 Å². The summed E-state index contributed by atoms with van der Waals surface area (Å²) in [5.74, 6) is -0.444. The first-order valence-corrected chi connectivity index (χ1v) is 11.1. The zero-order chi connectivity index (χ0) is 19.7. The fraction of sp³-hybridized carbons (Fsp3) is 0.381. The molecular formula is C21H29N2O3S+. The Morgan fingerprint density at radius 2 is 1.52 bits per heavy atom. The van der Waals surface area contributed by atoms with Gasteiger partial charge in [0.15, 0.2) is 9.84 Å². The van der Waals surface area contributed by atoms with Crippen LogP contribution < -0.4 is 10.2 Å². The molecule has 6 heteroatoms. The van der Waals surface area contributed by atoms with Gasteiger partial charge in [0.2, 0.25) is 5.91 Å². The average molecular weight is 390 g/mol. The third-order valence-electron chi connectivity index (χ3n) is 4.67. The number of carbonyl (C=O) groups is 1. The Kier molecular flexibility index (Phi) is 8.00. The summed E-state index contributed by atoms with van der Waals surface area (Å²) >= 11 is 0. The van der Waals surface area contributed by atoms with Crippen LogP contribution in [0.2, 0.25) is 0 Å². The Balaban J connectivity index is 1.80. The lowest BCUT2D eigenvalue weighted by Crippen LogP contribution is -3.10. The molecule has 0 aliphatic carbocycles. The molecule has 0 saturated carbocycles. The van der Waals surface area contributed by atoms with Crippen LogP contribution in [0.5, 0.6) is 0 Å². The van der Waals surface area contributed by atoms with E-state index in [1.807, 2.05) is 12.1 Å². The average Bonchev–Trinajstić information content (AvgIpc) is 2.70. The van der Waals surface area contributed by atoms with Crippen molar-refractivity contribution in [3.05, 3.63) is 65.7 Å². The van der Waals surface area contributed by atoms with E-state index in [4.69, 9.17) is 0 Å². The van der Waals surface area contributed by atoms with Crippen molar-refractivity contribution in [1.82, 2.24) is 5.32 Å². The summed E-state index contributed by atoms with van der Waals surface area (Å²) in [7, 11) is -3.42. The summed E-state index contributed by atoms with van der Waals surface area (Å²) in [6, 6.07) is 16.4. The number of benzene rings is 2. The van der Waals surface area contributed by atoms with Gasteiger partial charge in [-0.3, -0.25) is 4.79 Å². The minimum absolute atomic E-state index is 0.0410. The van der Waals surface area contributed by atoms with Crippen molar-refractivity contribution in [2.24, 2.45) is 0 Å². The summed E-state index contributed by atoms with van der Waals surface area (Å²) in [5.41, 5.74) is 2.28. The van der Waals surface area contributed by atoms with E-state index in [1.165, 1.54) is 10.5 Å². The molecule has 0 saturated heterocycles. The predicted molar refractivity (Wildman–Crippen MR) is 107 cm³/mol. The molecule has 2 aromatic carbocycles. The minimum Gasteiger partial charge on any atom is -0.352 e. The largest absolute Gasteiger partial charge is 0.352 e. The monoisotopic (exact) mass is 389 g/mol. The van der Waals surface area contributed by atoms with Crippen molar-refractivity contribution < 1.29 is 18.1 Å². The highest BCUT2D eigenvalue weighted by atomic mass is 32.2. The van der Waals surface area contributed by atoms with E-state index in [2.05, 4.69) is 31.3 Å². The molecule has 5 nitrogen and oxygen atoms in total. The van der Waals surface area contributed by atoms with Gasteiger partial charge in [0, 0.05) is 18.5 Å². The van der Waals surface area contributed by atoms with Gasteiger partial charge in [-0.15, -0.1) is 0 Å². The van der Waals surface area contributed by atoms with Crippen molar-refractivity contribution in [3.8, 4) is 0 Å². The molecule has 0 fully saturated rings. The molecule has 27 heavy (non-hydrogen) atoms. The fourth-order valence-electron chi connectivity index (χ4n) is 2.83. The van der Waals surface area contributed by atoms with Gasteiger partial charge in [0.25, 0.3) is 0 Å². The maximum atomic E-state index is 12.2. The van der Waals surface area contributed by atoms with Crippen molar-refractivity contribution in [1.29, 1.82) is 0 Å². The van der Waals surface area contributed by atoms with E-state index < -0.39 is 9.84 Å². The number of carbonyl (C=O) groups excluding carboxylic acids is 1. The second-order valence-corrected chi connectivity index (χ2v) is 8.72. The SMILES string of the molecule is CC[NH+](CC)Cc1ccc(CNC(=O)CCS(=O)(=O)c2ccccc2)cc1. The van der Waals surface area contributed by atoms with Gasteiger partial charge in [-0.05, 0) is 31.5 Å². The van der Waals surface area contributed by atoms with E-state index >= 15 is 0 Å². The Hall–Kier alpha value is -2.18. The number of hydrogen-bond acceptors (Lipinski definition) is 3. The second kappa shape index (κ2) is 10.2. The number of rotatable bonds is 10. The van der Waals surface area contributed by atoms with Gasteiger partial charge < -0.3 is 10.2 Å². The normalized spacial score (nSPS) is 11.5. The van der Waals surface area contributed by atoms with E-state index in [0.717, 1.165) is 25.2 Å². The highest BCUT2D eigenvalue weighted by Gasteiger charge is 2.15. The lowest BCUT2D eigenvalue weighted by molar-refractivity contribution is -0.910. The van der Waals surface area contributed by atoms with E-state index in [0.29, 0.717) is 6.54 Å². The molecule has 0 radical (unpaired) electrons. The first kappa shape index (κ1) is 21.1. The molecule has 0 spiro atoms. The highest BCUT2D eigenvalue weighted by Crippen LogP contribution is 2.11. The third-order valence-corrected chi connectivity index (χ3v) is 6.40. The quantitative estimate of drug-likeness (QED) is 0.648. The van der Waals surface area contributed by atoms with Crippen LogP contribution in [0.15, 0.2) is 59.5 Å². The number of sulfone groups is 1. The van der Waals surface area contributed by atoms with Crippen molar-refractivity contribution >= 4 is 15.7 Å². The van der Waals surface area contributed by atoms with Gasteiger partial charge in [-0.1, -0.05) is 42.5 Å². The summed E-state index contributed by atoms with van der Waals surface area (Å²) in [5, 5.41) is 2.80. The van der Waals surface area contributed by atoms with Crippen LogP contribution in [0.25, 0.3) is 0 Å². The molecule has 0 bridgehead atoms. The lowest BCUT2D eigenvalue weighted by Gasteiger charge is -2.15. The summed E-state index contributed by atoms with van der Waals surface area (Å²) in [6.07, 6.45) is -0.0410. The van der Waals surface area contributed by atoms with Gasteiger partial charge in [-0.2, -0.15) is 0 Å². The van der Waals surface area contributed by atoms with Gasteiger partial charge in [0.05, 0.1) is 23.7 Å². The van der Waals surface area contributed by atoms with Crippen molar-refractivity contribution in [2.75, 3.05) is 18.8 Å². The van der Waals surface area contributed by atoms with Crippen molar-refractivity contribution in [3.63, 3.8) is 0 Å². The number of nitrogens with one attached hydrogen (secondary N) is 2. The van der Waals surface area contributed by atoms with E-state index in [9.17, 15) is 13.2 Å². The Morgan fingerprint density at radius 3 is 2.11 bits per heavy atom. The van der Waals surface area contributed by atoms with Crippen molar-refractivity contribution in [2.45, 2.75) is 38.3 Å². The smallest absolute Gasteiger partial charge is 0.221 e. The maximum Gasteiger partial charge on any atom is 0.221 e. The first-order valence-electron chi connectivity index (χ1n) is 9.40. The van der Waals surface area contributed by atoms with Gasteiger partial charge in [-0.25, -0.2) is 8.42 Å². The molecule has 2 rings (SSSR count). The molecule has 0 atom stereocenters. The molecule has 2 aromatic rings. The fourth-order valence-corrected chi connectivity index (χ4v) is 4.09. The number of amides is 1.